The third-order valence-corrected chi connectivity index (χ3v) is 9.41. The van der Waals surface area contributed by atoms with Gasteiger partial charge in [-0.05, 0) is 93.5 Å². The minimum atomic E-state index is -0.720. The quantitative estimate of drug-likeness (QED) is 0.236. The summed E-state index contributed by atoms with van der Waals surface area (Å²) in [6.45, 7) is 12.1. The molecule has 0 spiro atoms. The van der Waals surface area contributed by atoms with Gasteiger partial charge in [-0.1, -0.05) is 32.0 Å². The summed E-state index contributed by atoms with van der Waals surface area (Å²) in [6.07, 6.45) is 2.18. The highest BCUT2D eigenvalue weighted by molar-refractivity contribution is 6.48. The molecule has 1 aliphatic heterocycles. The Kier molecular flexibility index (Phi) is 7.77. The molecule has 0 radical (unpaired) electrons. The number of para-hydroxylation sites is 1. The lowest BCUT2D eigenvalue weighted by atomic mass is 9.43. The van der Waals surface area contributed by atoms with Crippen molar-refractivity contribution in [1.82, 2.24) is 5.32 Å². The van der Waals surface area contributed by atoms with Gasteiger partial charge in [-0.25, -0.2) is 4.79 Å². The monoisotopic (exact) mass is 579 g/mol. The fraction of sp³-hybridized carbons (Fsp3) is 0.562. The SMILES string of the molecule is COc1c(C[C@H](NC(=O)Cc2ccc(O)c(O)c2)B2OC3CC4CC(C4(C)C)C3(C)O2)cccc1C(=O)OC(C)(C)C. The van der Waals surface area contributed by atoms with Crippen LogP contribution in [0.5, 0.6) is 17.2 Å². The van der Waals surface area contributed by atoms with Crippen LogP contribution in [0.1, 0.15) is 75.9 Å². The van der Waals surface area contributed by atoms with Gasteiger partial charge in [-0.3, -0.25) is 4.79 Å². The Morgan fingerprint density at radius 3 is 2.50 bits per heavy atom. The lowest BCUT2D eigenvalue weighted by Gasteiger charge is -2.64. The van der Waals surface area contributed by atoms with Crippen LogP contribution in [-0.2, 0) is 31.7 Å². The van der Waals surface area contributed by atoms with Gasteiger partial charge in [-0.15, -0.1) is 0 Å². The number of benzene rings is 2. The third-order valence-electron chi connectivity index (χ3n) is 9.41. The first-order valence-corrected chi connectivity index (χ1v) is 14.6. The second-order valence-electron chi connectivity index (χ2n) is 13.7. The van der Waals surface area contributed by atoms with E-state index < -0.39 is 30.2 Å². The molecule has 3 saturated carbocycles. The van der Waals surface area contributed by atoms with Gasteiger partial charge < -0.3 is 34.3 Å². The average Bonchev–Trinajstić information content (AvgIpc) is 3.26. The highest BCUT2D eigenvalue weighted by Crippen LogP contribution is 2.65. The Bertz CT molecular complexity index is 1370. The molecule has 2 aromatic carbocycles. The fourth-order valence-electron chi connectivity index (χ4n) is 7.13. The number of carbonyl (C=O) groups excluding carboxylic acids is 2. The van der Waals surface area contributed by atoms with E-state index in [0.29, 0.717) is 34.3 Å². The molecule has 4 unspecified atom stereocenters. The number of amides is 1. The minimum absolute atomic E-state index is 0.0232. The first-order chi connectivity index (χ1) is 19.6. The number of aromatic hydroxyl groups is 2. The first-order valence-electron chi connectivity index (χ1n) is 14.6. The highest BCUT2D eigenvalue weighted by atomic mass is 16.7. The van der Waals surface area contributed by atoms with Gasteiger partial charge in [0, 0.05) is 0 Å². The molecule has 2 aromatic rings. The molecule has 0 aromatic heterocycles. The van der Waals surface area contributed by atoms with Crippen LogP contribution in [0.4, 0.5) is 0 Å². The Morgan fingerprint density at radius 2 is 1.86 bits per heavy atom. The molecule has 5 atom stereocenters. The summed E-state index contributed by atoms with van der Waals surface area (Å²) in [4.78, 5) is 26.4. The fourth-order valence-corrected chi connectivity index (χ4v) is 7.13. The Labute approximate surface area is 248 Å². The molecule has 2 bridgehead atoms. The number of hydrogen-bond acceptors (Lipinski definition) is 8. The topological polar surface area (TPSA) is 124 Å². The lowest BCUT2D eigenvalue weighted by Crippen LogP contribution is -2.65. The molecule has 3 aliphatic carbocycles. The van der Waals surface area contributed by atoms with E-state index >= 15 is 0 Å². The van der Waals surface area contributed by atoms with Crippen LogP contribution in [0, 0.1) is 17.3 Å². The lowest BCUT2D eigenvalue weighted by molar-refractivity contribution is -0.199. The summed E-state index contributed by atoms with van der Waals surface area (Å²) in [5.74, 6) is -0.649. The average molecular weight is 579 g/mol. The van der Waals surface area contributed by atoms with Crippen molar-refractivity contribution in [2.24, 2.45) is 17.3 Å². The van der Waals surface area contributed by atoms with E-state index in [2.05, 4.69) is 26.1 Å². The number of carbonyl (C=O) groups is 2. The van der Waals surface area contributed by atoms with E-state index in [9.17, 15) is 19.8 Å². The summed E-state index contributed by atoms with van der Waals surface area (Å²) in [7, 11) is 0.785. The van der Waals surface area contributed by atoms with E-state index in [0.717, 1.165) is 12.8 Å². The third kappa shape index (κ3) is 5.58. The van der Waals surface area contributed by atoms with Crippen molar-refractivity contribution in [3.8, 4) is 17.2 Å². The van der Waals surface area contributed by atoms with E-state index in [1.807, 2.05) is 6.07 Å². The zero-order chi connectivity index (χ0) is 30.6. The van der Waals surface area contributed by atoms with Crippen LogP contribution in [0.15, 0.2) is 36.4 Å². The molecule has 4 aliphatic rings. The number of phenols is 2. The van der Waals surface area contributed by atoms with Crippen LogP contribution >= 0.6 is 0 Å². The molecule has 226 valence electrons. The summed E-state index contributed by atoms with van der Waals surface area (Å²) >= 11 is 0. The molecule has 42 heavy (non-hydrogen) atoms. The number of hydrogen-bond donors (Lipinski definition) is 3. The van der Waals surface area contributed by atoms with Crippen molar-refractivity contribution in [1.29, 1.82) is 0 Å². The van der Waals surface area contributed by atoms with Gasteiger partial charge in [0.05, 0.1) is 31.2 Å². The maximum Gasteiger partial charge on any atom is 0.482 e. The zero-order valence-corrected chi connectivity index (χ0v) is 25.5. The maximum atomic E-state index is 13.4. The van der Waals surface area contributed by atoms with Crippen LogP contribution in [-0.4, -0.2) is 59.6 Å². The first kappa shape index (κ1) is 30.2. The number of nitrogens with one attached hydrogen (secondary N) is 1. The number of phenolic OH excluding ortho intramolecular Hbond substituents is 2. The van der Waals surface area contributed by atoms with Gasteiger partial charge in [0.25, 0.3) is 0 Å². The second kappa shape index (κ2) is 10.8. The van der Waals surface area contributed by atoms with E-state index in [1.54, 1.807) is 39.0 Å². The normalized spacial score (nSPS) is 26.5. The van der Waals surface area contributed by atoms with Crippen molar-refractivity contribution in [3.63, 3.8) is 0 Å². The van der Waals surface area contributed by atoms with Crippen molar-refractivity contribution < 1.29 is 38.6 Å². The second-order valence-corrected chi connectivity index (χ2v) is 13.7. The van der Waals surface area contributed by atoms with E-state index in [-0.39, 0.29) is 41.8 Å². The number of rotatable bonds is 8. The zero-order valence-electron chi connectivity index (χ0n) is 25.5. The molecule has 1 saturated heterocycles. The Balaban J connectivity index is 1.43. The van der Waals surface area contributed by atoms with Crippen molar-refractivity contribution >= 4 is 19.0 Å². The molecule has 1 amide bonds. The molecule has 6 rings (SSSR count). The summed E-state index contributed by atoms with van der Waals surface area (Å²) in [6, 6.07) is 9.59. The number of methoxy groups -OCH3 is 1. The highest BCUT2D eigenvalue weighted by Gasteiger charge is 2.68. The van der Waals surface area contributed by atoms with Crippen molar-refractivity contribution in [3.05, 3.63) is 53.1 Å². The summed E-state index contributed by atoms with van der Waals surface area (Å²) in [5, 5.41) is 22.7. The van der Waals surface area contributed by atoms with Gasteiger partial charge in [0.1, 0.15) is 16.9 Å². The molecular formula is C32H42BNO8. The molecular weight excluding hydrogens is 537 g/mol. The predicted octanol–water partition coefficient (Wildman–Crippen LogP) is 4.60. The van der Waals surface area contributed by atoms with E-state index in [4.69, 9.17) is 18.8 Å². The van der Waals surface area contributed by atoms with Crippen molar-refractivity contribution in [2.75, 3.05) is 7.11 Å². The molecule has 9 nitrogen and oxygen atoms in total. The van der Waals surface area contributed by atoms with Gasteiger partial charge in [0.2, 0.25) is 5.91 Å². The minimum Gasteiger partial charge on any atom is -0.504 e. The molecule has 10 heteroatoms. The van der Waals surface area contributed by atoms with Crippen molar-refractivity contribution in [2.45, 2.75) is 90.5 Å². The van der Waals surface area contributed by atoms with E-state index in [1.165, 1.54) is 19.2 Å². The van der Waals surface area contributed by atoms with Gasteiger partial charge >= 0.3 is 13.1 Å². The largest absolute Gasteiger partial charge is 0.504 e. The Morgan fingerprint density at radius 1 is 1.12 bits per heavy atom. The number of esters is 1. The standard InChI is InChI=1S/C32H42BNO8/c1-30(2,3)40-29(38)21-10-8-9-19(28(21)39-7)15-26(34-27(37)14-18-11-12-22(35)23(36)13-18)33-41-25-17-20-16-24(31(20,4)5)32(25,6)42-33/h8-13,20,24-26,35-36H,14-17H2,1-7H3,(H,34,37)/t20?,24?,25?,26-,32?/m0/s1. The van der Waals surface area contributed by atoms with Gasteiger partial charge in [-0.2, -0.15) is 0 Å². The summed E-state index contributed by atoms with van der Waals surface area (Å²) in [5.41, 5.74) is 0.549. The molecule has 1 heterocycles. The van der Waals surface area contributed by atoms with Gasteiger partial charge in [0.15, 0.2) is 11.5 Å². The maximum absolute atomic E-state index is 13.4. The predicted molar refractivity (Wildman–Crippen MR) is 157 cm³/mol. The molecule has 3 N–H and O–H groups in total. The van der Waals surface area contributed by atoms with Crippen LogP contribution < -0.4 is 10.1 Å². The number of ether oxygens (including phenoxy) is 2. The van der Waals surface area contributed by atoms with Crippen LogP contribution in [0.25, 0.3) is 0 Å². The molecule has 4 fully saturated rings. The summed E-state index contributed by atoms with van der Waals surface area (Å²) < 4.78 is 24.6. The van der Waals surface area contributed by atoms with Crippen LogP contribution in [0.2, 0.25) is 0 Å². The Hall–Kier alpha value is -3.24. The van der Waals surface area contributed by atoms with Crippen LogP contribution in [0.3, 0.4) is 0 Å². The smallest absolute Gasteiger partial charge is 0.482 e.